The minimum atomic E-state index is -3.49. The minimum Gasteiger partial charge on any atom is -0.219 e. The third kappa shape index (κ3) is 3.01. The smallest absolute Gasteiger partial charge is 0.206 e. The molecule has 0 aliphatic rings. The first-order valence-electron chi connectivity index (χ1n) is 6.25. The lowest BCUT2D eigenvalue weighted by atomic mass is 10.2. The number of sulfone groups is 1. The first-order valence-corrected chi connectivity index (χ1v) is 7.24. The van der Waals surface area contributed by atoms with E-state index in [4.69, 9.17) is 1.37 Å². The molecule has 3 heteroatoms. The summed E-state index contributed by atoms with van der Waals surface area (Å²) in [6.45, 7) is 3.53. The molecule has 0 aliphatic carbocycles. The maximum atomic E-state index is 12.4. The second-order valence-electron chi connectivity index (χ2n) is 3.89. The zero-order chi connectivity index (χ0) is 14.6. The highest BCUT2D eigenvalue weighted by Crippen LogP contribution is 2.20. The summed E-state index contributed by atoms with van der Waals surface area (Å²) in [5, 5.41) is 0. The molecule has 0 amide bonds. The molecular formula is C16H14O2S. The van der Waals surface area contributed by atoms with Crippen LogP contribution in [0.5, 0.6) is 0 Å². The van der Waals surface area contributed by atoms with Gasteiger partial charge in [0.1, 0.15) is 0 Å². The van der Waals surface area contributed by atoms with Crippen LogP contribution in [-0.2, 0) is 9.84 Å². The van der Waals surface area contributed by atoms with E-state index in [9.17, 15) is 8.42 Å². The minimum absolute atomic E-state index is 0.221. The molecule has 0 bridgehead atoms. The van der Waals surface area contributed by atoms with Gasteiger partial charge in [0.15, 0.2) is 0 Å². The molecule has 2 aromatic carbocycles. The lowest BCUT2D eigenvalue weighted by Crippen LogP contribution is -2.01. The number of hydrogen-bond donors (Lipinski definition) is 0. The first-order chi connectivity index (χ1) is 9.55. The van der Waals surface area contributed by atoms with E-state index in [1.54, 1.807) is 48.5 Å². The van der Waals surface area contributed by atoms with Crippen LogP contribution >= 0.6 is 0 Å². The van der Waals surface area contributed by atoms with E-state index in [0.717, 1.165) is 0 Å². The molecule has 2 aromatic rings. The van der Waals surface area contributed by atoms with Gasteiger partial charge in [0, 0.05) is 0 Å². The molecular weight excluding hydrogens is 256 g/mol. The largest absolute Gasteiger partial charge is 0.219 e. The highest BCUT2D eigenvalue weighted by Gasteiger charge is 2.16. The summed E-state index contributed by atoms with van der Waals surface area (Å²) in [6.07, 6.45) is 3.08. The molecule has 2 rings (SSSR count). The Morgan fingerprint density at radius 1 is 0.947 bits per heavy atom. The molecule has 0 N–H and O–H groups in total. The Hall–Kier alpha value is -2.13. The molecule has 0 fully saturated rings. The third-order valence-electron chi connectivity index (χ3n) is 2.59. The van der Waals surface area contributed by atoms with Crippen LogP contribution in [0, 0.1) is 0 Å². The maximum Gasteiger partial charge on any atom is 0.206 e. The summed E-state index contributed by atoms with van der Waals surface area (Å²) < 4.78 is 32.5. The normalized spacial score (nSPS) is 12.8. The quantitative estimate of drug-likeness (QED) is 0.794. The number of allylic oxidation sites excluding steroid dienone is 2. The van der Waals surface area contributed by atoms with Crippen molar-refractivity contribution in [1.29, 1.82) is 0 Å². The molecule has 0 unspecified atom stereocenters. The van der Waals surface area contributed by atoms with Gasteiger partial charge in [-0.2, -0.15) is 0 Å². The van der Waals surface area contributed by atoms with Crippen molar-refractivity contribution in [3.8, 4) is 0 Å². The third-order valence-corrected chi connectivity index (χ3v) is 4.37. The van der Waals surface area contributed by atoms with Gasteiger partial charge in [-0.15, -0.1) is 0 Å². The molecule has 0 aliphatic heterocycles. The molecule has 0 radical (unpaired) electrons. The zero-order valence-corrected chi connectivity index (χ0v) is 11.1. The first kappa shape index (κ1) is 11.9. The molecule has 0 aromatic heterocycles. The zero-order valence-electron chi connectivity index (χ0n) is 11.3. The molecule has 19 heavy (non-hydrogen) atoms. The predicted octanol–water partition coefficient (Wildman–Crippen LogP) is 3.72. The Kier molecular flexibility index (Phi) is 3.56. The second kappa shape index (κ2) is 5.67. The summed E-state index contributed by atoms with van der Waals surface area (Å²) in [5.41, 5.74) is 0.650. The van der Waals surface area contributed by atoms with E-state index >= 15 is 0 Å². The van der Waals surface area contributed by atoms with Gasteiger partial charge < -0.3 is 0 Å². The summed E-state index contributed by atoms with van der Waals surface area (Å²) in [7, 11) is -3.49. The fraction of sp³-hybridized carbons (Fsp3) is 0. The van der Waals surface area contributed by atoms with E-state index in [1.807, 2.05) is 0 Å². The van der Waals surface area contributed by atoms with Crippen molar-refractivity contribution in [2.75, 3.05) is 0 Å². The monoisotopic (exact) mass is 271 g/mol. The lowest BCUT2D eigenvalue weighted by molar-refractivity contribution is 0.596. The van der Waals surface area contributed by atoms with Gasteiger partial charge in [-0.1, -0.05) is 55.1 Å². The molecule has 0 heterocycles. The predicted molar refractivity (Wildman–Crippen MR) is 77.6 cm³/mol. The lowest BCUT2D eigenvalue weighted by Gasteiger charge is -2.04. The van der Waals surface area contributed by atoms with Gasteiger partial charge in [0.05, 0.1) is 11.2 Å². The summed E-state index contributed by atoms with van der Waals surface area (Å²) in [6, 6.07) is 14.9. The molecule has 2 nitrogen and oxygen atoms in total. The number of rotatable bonds is 4. The van der Waals surface area contributed by atoms with Crippen LogP contribution in [0.1, 0.15) is 6.93 Å². The van der Waals surface area contributed by atoms with Crippen molar-refractivity contribution in [3.05, 3.63) is 78.9 Å². The van der Waals surface area contributed by atoms with Crippen molar-refractivity contribution >= 4 is 15.9 Å². The van der Waals surface area contributed by atoms with E-state index < -0.39 is 9.84 Å². The maximum absolute atomic E-state index is 12.4. The Balaban J connectivity index is 2.40. The number of hydrogen-bond acceptors (Lipinski definition) is 2. The average molecular weight is 271 g/mol. The average Bonchev–Trinajstić information content (AvgIpc) is 2.48. The van der Waals surface area contributed by atoms with Gasteiger partial charge in [-0.25, -0.2) is 8.42 Å². The van der Waals surface area contributed by atoms with E-state index in [0.29, 0.717) is 11.6 Å². The molecule has 0 atom stereocenters. The fourth-order valence-electron chi connectivity index (χ4n) is 1.62. The Morgan fingerprint density at radius 3 is 2.11 bits per heavy atom. The van der Waals surface area contributed by atoms with E-state index in [-0.39, 0.29) is 9.79 Å². The van der Waals surface area contributed by atoms with Gasteiger partial charge in [-0.05, 0) is 29.8 Å². The van der Waals surface area contributed by atoms with E-state index in [2.05, 4.69) is 6.58 Å². The Morgan fingerprint density at radius 2 is 1.53 bits per heavy atom. The molecule has 96 valence electrons. The number of benzene rings is 2. The highest BCUT2D eigenvalue weighted by molar-refractivity contribution is 7.91. The van der Waals surface area contributed by atoms with Crippen LogP contribution in [0.3, 0.4) is 0 Å². The van der Waals surface area contributed by atoms with Crippen molar-refractivity contribution in [2.24, 2.45) is 0 Å². The van der Waals surface area contributed by atoms with Crippen molar-refractivity contribution < 1.29 is 9.79 Å². The standard InChI is InChI=1S/C16H14O2S/c1-2-3-7-14-10-12-16(13-11-14)19(17,18)15-8-5-4-6-9-15/h2-13H,1H2/b7-3+/i7D. The van der Waals surface area contributed by atoms with Crippen LogP contribution < -0.4 is 0 Å². The Labute approximate surface area is 115 Å². The van der Waals surface area contributed by atoms with Gasteiger partial charge >= 0.3 is 0 Å². The van der Waals surface area contributed by atoms with Crippen LogP contribution in [-0.4, -0.2) is 8.42 Å². The summed E-state index contributed by atoms with van der Waals surface area (Å²) in [4.78, 5) is 0.485. The summed E-state index contributed by atoms with van der Waals surface area (Å²) >= 11 is 0. The SMILES string of the molecule is [2H]/C(=C\C=C)c1ccc(S(=O)(=O)c2ccccc2)cc1. The van der Waals surface area contributed by atoms with Crippen LogP contribution in [0.15, 0.2) is 83.1 Å². The van der Waals surface area contributed by atoms with Crippen molar-refractivity contribution in [1.82, 2.24) is 0 Å². The molecule has 0 spiro atoms. The van der Waals surface area contributed by atoms with E-state index in [1.165, 1.54) is 18.2 Å². The van der Waals surface area contributed by atoms with Gasteiger partial charge in [-0.3, -0.25) is 0 Å². The Bertz CT molecular complexity index is 730. The molecule has 0 saturated heterocycles. The topological polar surface area (TPSA) is 34.1 Å². The second-order valence-corrected chi connectivity index (χ2v) is 5.84. The highest BCUT2D eigenvalue weighted by atomic mass is 32.2. The summed E-state index contributed by atoms with van der Waals surface area (Å²) in [5.74, 6) is 0. The van der Waals surface area contributed by atoms with Gasteiger partial charge in [0.25, 0.3) is 0 Å². The van der Waals surface area contributed by atoms with Gasteiger partial charge in [0.2, 0.25) is 9.84 Å². The fourth-order valence-corrected chi connectivity index (χ4v) is 2.90. The van der Waals surface area contributed by atoms with Crippen molar-refractivity contribution in [2.45, 2.75) is 9.79 Å². The van der Waals surface area contributed by atoms with Crippen LogP contribution in [0.4, 0.5) is 0 Å². The van der Waals surface area contributed by atoms with Crippen LogP contribution in [0.25, 0.3) is 6.05 Å². The molecule has 0 saturated carbocycles. The van der Waals surface area contributed by atoms with Crippen LogP contribution in [0.2, 0.25) is 0 Å². The van der Waals surface area contributed by atoms with Crippen molar-refractivity contribution in [3.63, 3.8) is 0 Å².